The lowest BCUT2D eigenvalue weighted by atomic mass is 10.2. The summed E-state index contributed by atoms with van der Waals surface area (Å²) in [5.41, 5.74) is 0. The van der Waals surface area contributed by atoms with Crippen molar-refractivity contribution in [3.05, 3.63) is 46.9 Å². The molecule has 1 heterocycles. The van der Waals surface area contributed by atoms with Gasteiger partial charge in [-0.25, -0.2) is 18.2 Å². The number of halogens is 2. The SMILES string of the molecule is O=C(OCCCCC(F)(F)S(=O)(=O)c1ccccc1)c1nccs1. The van der Waals surface area contributed by atoms with Gasteiger partial charge in [0.05, 0.1) is 11.5 Å². The monoisotopic (exact) mass is 375 g/mol. The Kier molecular flexibility index (Phi) is 6.00. The largest absolute Gasteiger partial charge is 0.460 e. The van der Waals surface area contributed by atoms with E-state index < -0.39 is 32.4 Å². The molecule has 0 saturated carbocycles. The Morgan fingerprint density at radius 1 is 1.21 bits per heavy atom. The highest BCUT2D eigenvalue weighted by atomic mass is 32.2. The van der Waals surface area contributed by atoms with Crippen molar-refractivity contribution in [2.24, 2.45) is 0 Å². The van der Waals surface area contributed by atoms with Gasteiger partial charge in [0.1, 0.15) is 0 Å². The highest BCUT2D eigenvalue weighted by molar-refractivity contribution is 7.92. The van der Waals surface area contributed by atoms with Crippen LogP contribution >= 0.6 is 11.3 Å². The van der Waals surface area contributed by atoms with Crippen LogP contribution in [0.1, 0.15) is 29.1 Å². The van der Waals surface area contributed by atoms with Crippen molar-refractivity contribution in [2.45, 2.75) is 29.4 Å². The molecule has 9 heteroatoms. The van der Waals surface area contributed by atoms with Gasteiger partial charge in [0.2, 0.25) is 14.8 Å². The molecule has 2 aromatic rings. The van der Waals surface area contributed by atoms with Crippen LogP contribution in [0.25, 0.3) is 0 Å². The molecule has 0 aliphatic carbocycles. The number of carbonyl (C=O) groups is 1. The zero-order valence-electron chi connectivity index (χ0n) is 12.5. The number of rotatable bonds is 8. The fraction of sp³-hybridized carbons (Fsp3) is 0.333. The lowest BCUT2D eigenvalue weighted by Gasteiger charge is -2.16. The van der Waals surface area contributed by atoms with Gasteiger partial charge in [0.25, 0.3) is 0 Å². The number of benzene rings is 1. The average Bonchev–Trinajstić information content (AvgIpc) is 3.09. The molecule has 0 spiro atoms. The number of hydrogen-bond donors (Lipinski definition) is 0. The summed E-state index contributed by atoms with van der Waals surface area (Å²) < 4.78 is 56.7. The Morgan fingerprint density at radius 2 is 1.92 bits per heavy atom. The van der Waals surface area contributed by atoms with Gasteiger partial charge in [-0.3, -0.25) is 0 Å². The van der Waals surface area contributed by atoms with Crippen molar-refractivity contribution >= 4 is 27.1 Å². The van der Waals surface area contributed by atoms with Crippen molar-refractivity contribution in [3.63, 3.8) is 0 Å². The fourth-order valence-corrected chi connectivity index (χ4v) is 3.69. The van der Waals surface area contributed by atoms with Gasteiger partial charge in [0.15, 0.2) is 0 Å². The van der Waals surface area contributed by atoms with Gasteiger partial charge < -0.3 is 4.74 Å². The molecule has 0 N–H and O–H groups in total. The minimum Gasteiger partial charge on any atom is -0.460 e. The Morgan fingerprint density at radius 3 is 2.54 bits per heavy atom. The average molecular weight is 375 g/mol. The van der Waals surface area contributed by atoms with Crippen LogP contribution in [0.15, 0.2) is 46.8 Å². The number of thiazole rings is 1. The molecule has 0 radical (unpaired) electrons. The molecule has 130 valence electrons. The van der Waals surface area contributed by atoms with Gasteiger partial charge in [-0.15, -0.1) is 11.3 Å². The summed E-state index contributed by atoms with van der Waals surface area (Å²) in [5, 5.41) is -2.06. The van der Waals surface area contributed by atoms with Gasteiger partial charge >= 0.3 is 11.2 Å². The van der Waals surface area contributed by atoms with Crippen LogP contribution in [0.3, 0.4) is 0 Å². The van der Waals surface area contributed by atoms with E-state index in [9.17, 15) is 22.0 Å². The van der Waals surface area contributed by atoms with Crippen LogP contribution in [-0.2, 0) is 14.6 Å². The highest BCUT2D eigenvalue weighted by Crippen LogP contribution is 2.33. The van der Waals surface area contributed by atoms with E-state index in [1.54, 1.807) is 11.4 Å². The smallest absolute Gasteiger partial charge is 0.367 e. The van der Waals surface area contributed by atoms with Gasteiger partial charge in [-0.1, -0.05) is 18.2 Å². The predicted octanol–water partition coefficient (Wildman–Crippen LogP) is 3.54. The zero-order chi connectivity index (χ0) is 17.6. The minimum absolute atomic E-state index is 0.0696. The number of hydrogen-bond acceptors (Lipinski definition) is 6. The summed E-state index contributed by atoms with van der Waals surface area (Å²) in [6.45, 7) is -0.0696. The quantitative estimate of drug-likeness (QED) is 0.521. The van der Waals surface area contributed by atoms with Crippen LogP contribution in [0.2, 0.25) is 0 Å². The van der Waals surface area contributed by atoms with Gasteiger partial charge in [0, 0.05) is 18.0 Å². The fourth-order valence-electron chi connectivity index (χ4n) is 1.89. The summed E-state index contributed by atoms with van der Waals surface area (Å²) in [6.07, 6.45) is 0.663. The lowest BCUT2D eigenvalue weighted by Crippen LogP contribution is -2.29. The number of ether oxygens (including phenoxy) is 1. The Hall–Kier alpha value is -1.87. The number of aromatic nitrogens is 1. The number of sulfone groups is 1. The van der Waals surface area contributed by atoms with Crippen LogP contribution < -0.4 is 0 Å². The molecule has 2 rings (SSSR count). The molecule has 1 aromatic heterocycles. The van der Waals surface area contributed by atoms with Crippen LogP contribution in [-0.4, -0.2) is 31.2 Å². The normalized spacial score (nSPS) is 12.1. The Bertz CT molecular complexity index is 762. The van der Waals surface area contributed by atoms with E-state index in [1.807, 2.05) is 0 Å². The Balaban J connectivity index is 1.81. The maximum atomic E-state index is 14.0. The second-order valence-electron chi connectivity index (χ2n) is 4.88. The van der Waals surface area contributed by atoms with Crippen molar-refractivity contribution in [1.29, 1.82) is 0 Å². The molecule has 0 unspecified atom stereocenters. The second kappa shape index (κ2) is 7.80. The molecule has 0 fully saturated rings. The van der Waals surface area contributed by atoms with Gasteiger partial charge in [-0.2, -0.15) is 8.78 Å². The first-order valence-electron chi connectivity index (χ1n) is 7.09. The lowest BCUT2D eigenvalue weighted by molar-refractivity contribution is 0.0474. The molecule has 0 saturated heterocycles. The second-order valence-corrected chi connectivity index (χ2v) is 7.85. The Labute approximate surface area is 142 Å². The van der Waals surface area contributed by atoms with Crippen molar-refractivity contribution in [3.8, 4) is 0 Å². The first-order valence-corrected chi connectivity index (χ1v) is 9.45. The topological polar surface area (TPSA) is 73.3 Å². The zero-order valence-corrected chi connectivity index (χ0v) is 14.2. The molecule has 0 bridgehead atoms. The molecule has 24 heavy (non-hydrogen) atoms. The van der Waals surface area contributed by atoms with Crippen molar-refractivity contribution < 1.29 is 26.7 Å². The van der Waals surface area contributed by atoms with Crippen LogP contribution in [0.5, 0.6) is 0 Å². The first-order chi connectivity index (χ1) is 11.3. The molecule has 0 atom stereocenters. The predicted molar refractivity (Wildman–Crippen MR) is 84.8 cm³/mol. The molecular formula is C15H15F2NO4S2. The molecule has 0 aliphatic rings. The number of unbranched alkanes of at least 4 members (excludes halogenated alkanes) is 1. The summed E-state index contributed by atoms with van der Waals surface area (Å²) in [6, 6.07) is 6.61. The van der Waals surface area contributed by atoms with Crippen molar-refractivity contribution in [2.75, 3.05) is 6.61 Å². The summed E-state index contributed by atoms with van der Waals surface area (Å²) in [5.74, 6) is -0.617. The summed E-state index contributed by atoms with van der Waals surface area (Å²) in [7, 11) is -4.73. The third-order valence-corrected chi connectivity index (χ3v) is 5.79. The van der Waals surface area contributed by atoms with E-state index in [2.05, 4.69) is 4.98 Å². The molecule has 1 aromatic carbocycles. The van der Waals surface area contributed by atoms with Crippen LogP contribution in [0, 0.1) is 0 Å². The van der Waals surface area contributed by atoms with E-state index in [-0.39, 0.29) is 24.5 Å². The van der Waals surface area contributed by atoms with Crippen LogP contribution in [0.4, 0.5) is 8.78 Å². The molecule has 5 nitrogen and oxygen atoms in total. The minimum atomic E-state index is -4.73. The van der Waals surface area contributed by atoms with E-state index in [0.29, 0.717) is 0 Å². The van der Waals surface area contributed by atoms with E-state index in [4.69, 9.17) is 4.74 Å². The summed E-state index contributed by atoms with van der Waals surface area (Å²) in [4.78, 5) is 14.8. The van der Waals surface area contributed by atoms with Gasteiger partial charge in [-0.05, 0) is 25.0 Å². The summed E-state index contributed by atoms with van der Waals surface area (Å²) >= 11 is 1.12. The molecule has 0 aliphatic heterocycles. The van der Waals surface area contributed by atoms with Crippen molar-refractivity contribution in [1.82, 2.24) is 4.98 Å². The number of esters is 1. The standard InChI is InChI=1S/C15H15F2NO4S2/c16-15(17,24(20,21)12-6-2-1-3-7-12)8-4-5-10-22-14(19)13-18-9-11-23-13/h1-3,6-7,9,11H,4-5,8,10H2. The molecule has 0 amide bonds. The first kappa shape index (κ1) is 18.5. The molecular weight excluding hydrogens is 360 g/mol. The van der Waals surface area contributed by atoms with E-state index >= 15 is 0 Å². The highest BCUT2D eigenvalue weighted by Gasteiger charge is 2.45. The number of alkyl halides is 2. The maximum absolute atomic E-state index is 14.0. The maximum Gasteiger partial charge on any atom is 0.367 e. The number of carbonyl (C=O) groups excluding carboxylic acids is 1. The number of nitrogens with zero attached hydrogens (tertiary/aromatic N) is 1. The van der Waals surface area contributed by atoms with E-state index in [1.165, 1.54) is 18.3 Å². The van der Waals surface area contributed by atoms with E-state index in [0.717, 1.165) is 23.5 Å². The third-order valence-electron chi connectivity index (χ3n) is 3.15. The third kappa shape index (κ3) is 4.35.